The van der Waals surface area contributed by atoms with E-state index >= 15 is 0 Å². The molecule has 4 aromatic rings. The monoisotopic (exact) mass is 1200 g/mol. The van der Waals surface area contributed by atoms with Gasteiger partial charge in [0.2, 0.25) is 65.0 Å². The van der Waals surface area contributed by atoms with E-state index in [-0.39, 0.29) is 63.2 Å². The van der Waals surface area contributed by atoms with Crippen molar-refractivity contribution in [3.8, 4) is 5.75 Å². The smallest absolute Gasteiger partial charge is 0.322 e. The number of nitrogens with zero attached hydrogens (tertiary/aromatic N) is 1. The number of phenolic OH excluding ortho intramolecular Hbond substituents is 1. The highest BCUT2D eigenvalue weighted by Crippen LogP contribution is 2.23. The van der Waals surface area contributed by atoms with Crippen LogP contribution >= 0.6 is 0 Å². The van der Waals surface area contributed by atoms with Gasteiger partial charge in [0.25, 0.3) is 0 Å². The highest BCUT2D eigenvalue weighted by Gasteiger charge is 2.41. The number of carboxylic acids is 1. The summed E-state index contributed by atoms with van der Waals surface area (Å²) in [5, 5.41) is 49.9. The first-order valence-corrected chi connectivity index (χ1v) is 28.0. The number of aromatic nitrogens is 1. The zero-order chi connectivity index (χ0) is 63.4. The zero-order valence-electron chi connectivity index (χ0n) is 48.1. The summed E-state index contributed by atoms with van der Waals surface area (Å²) in [5.41, 5.74) is 19.0. The van der Waals surface area contributed by atoms with Gasteiger partial charge in [-0.15, -0.1) is 0 Å². The summed E-state index contributed by atoms with van der Waals surface area (Å²) in [7, 11) is 0. The average molecular weight is 1200 g/mol. The molecular weight excluding hydrogens is 1120 g/mol. The summed E-state index contributed by atoms with van der Waals surface area (Å²) in [4.78, 5) is 166. The van der Waals surface area contributed by atoms with Crippen LogP contribution in [0.1, 0.15) is 82.9 Å². The second-order valence-corrected chi connectivity index (χ2v) is 21.6. The summed E-state index contributed by atoms with van der Waals surface area (Å²) in [6.07, 6.45) is -1.02. The molecule has 0 radical (unpaired) electrons. The molecule has 11 amide bonds. The molecule has 28 heteroatoms. The Morgan fingerprint density at radius 3 is 1.79 bits per heavy atom. The SMILES string of the molecule is CC(C)C[C@H](NC(=O)[C@@H](N)CCC(N)=O)C(=O)N1CCC[C@H]1C(=O)N[C@@H](Cc1ccc(O)cc1)C(=O)N[C@@H](Cc1c[nH]c2ccccc12)C(=O)N[C@@H](CC(N)=O)C(=O)N[C@@H](Cc1ccccc1)C(=O)N[C@@H](C)C(=O)N[C@H](C(=O)NCC(=O)O)[C@@H](C)O. The number of para-hydroxylation sites is 1. The summed E-state index contributed by atoms with van der Waals surface area (Å²) in [6, 6.07) is 8.07. The Labute approximate surface area is 495 Å². The van der Waals surface area contributed by atoms with Gasteiger partial charge in [0.15, 0.2) is 0 Å². The van der Waals surface area contributed by atoms with Gasteiger partial charge in [0.05, 0.1) is 18.6 Å². The fraction of sp³-hybridized carbons (Fsp3) is 0.448. The summed E-state index contributed by atoms with van der Waals surface area (Å²) >= 11 is 0. The lowest BCUT2D eigenvalue weighted by molar-refractivity contribution is -0.142. The van der Waals surface area contributed by atoms with Crippen molar-refractivity contribution in [2.75, 3.05) is 13.1 Å². The first-order chi connectivity index (χ1) is 40.7. The minimum absolute atomic E-state index is 0.0717. The number of nitrogens with two attached hydrogens (primary N) is 3. The van der Waals surface area contributed by atoms with Crippen molar-refractivity contribution in [3.05, 3.63) is 102 Å². The maximum absolute atomic E-state index is 14.9. The second kappa shape index (κ2) is 32.0. The van der Waals surface area contributed by atoms with Crippen LogP contribution in [0.25, 0.3) is 10.9 Å². The number of hydrogen-bond acceptors (Lipinski definition) is 15. The van der Waals surface area contributed by atoms with Gasteiger partial charge >= 0.3 is 5.97 Å². The van der Waals surface area contributed by atoms with Crippen molar-refractivity contribution in [1.82, 2.24) is 52.4 Å². The number of aliphatic hydroxyl groups is 1. The third-order valence-corrected chi connectivity index (χ3v) is 14.1. The van der Waals surface area contributed by atoms with Crippen LogP contribution in [-0.4, -0.2) is 170 Å². The van der Waals surface area contributed by atoms with Crippen molar-refractivity contribution in [2.45, 2.75) is 146 Å². The molecule has 5 rings (SSSR count). The molecule has 2 heterocycles. The van der Waals surface area contributed by atoms with E-state index in [2.05, 4.69) is 47.5 Å². The van der Waals surface area contributed by atoms with Gasteiger partial charge in [0.1, 0.15) is 60.6 Å². The number of H-pyrrole nitrogens is 1. The standard InChI is InChI=1S/C58H77N13O15/c1-30(2)23-44(69-51(79)38(59)20-21-46(60)74)58(86)71-22-10-15-45(71)56(84)68-41(25-34-16-18-36(73)19-17-34)53(81)66-42(26-35-28-62-39-14-9-8-13-37(35)39)54(82)67-43(27-47(61)75)55(83)65-40(24-33-11-6-5-7-12-33)52(80)64-31(3)50(78)70-49(32(4)72)57(85)63-29-48(76)77/h5-9,11-14,16-19,28,30-32,38,40-45,49,62,72-73H,10,15,20-27,29,59H2,1-4H3,(H2,60,74)(H2,61,75)(H,63,85)(H,64,80)(H,65,83)(H,66,81)(H,67,82)(H,68,84)(H,69,79)(H,70,78)(H,76,77)/t31-,32+,38-,40-,41-,42-,43-,44-,45-,49-/m0/s1. The zero-order valence-corrected chi connectivity index (χ0v) is 48.1. The van der Waals surface area contributed by atoms with Gasteiger partial charge < -0.3 is 84.9 Å². The van der Waals surface area contributed by atoms with Crippen molar-refractivity contribution in [1.29, 1.82) is 0 Å². The maximum Gasteiger partial charge on any atom is 0.322 e. The number of amides is 11. The van der Waals surface area contributed by atoms with Crippen LogP contribution < -0.4 is 59.7 Å². The predicted octanol–water partition coefficient (Wildman–Crippen LogP) is -2.60. The molecule has 1 fully saturated rings. The number of aromatic amines is 1. The van der Waals surface area contributed by atoms with Crippen molar-refractivity contribution >= 4 is 81.9 Å². The van der Waals surface area contributed by atoms with Crippen LogP contribution in [-0.2, 0) is 76.8 Å². The largest absolute Gasteiger partial charge is 0.508 e. The average Bonchev–Trinajstić information content (AvgIpc) is 4.31. The van der Waals surface area contributed by atoms with E-state index in [1.54, 1.807) is 60.8 Å². The molecule has 3 aromatic carbocycles. The minimum atomic E-state index is -1.82. The van der Waals surface area contributed by atoms with Crippen LogP contribution in [0.5, 0.6) is 5.75 Å². The Morgan fingerprint density at radius 1 is 0.628 bits per heavy atom. The fourth-order valence-electron chi connectivity index (χ4n) is 9.60. The van der Waals surface area contributed by atoms with Crippen LogP contribution in [0, 0.1) is 5.92 Å². The molecule has 1 aromatic heterocycles. The summed E-state index contributed by atoms with van der Waals surface area (Å²) in [6.45, 7) is 5.35. The van der Waals surface area contributed by atoms with Crippen LogP contribution in [0.4, 0.5) is 0 Å². The van der Waals surface area contributed by atoms with E-state index in [0.29, 0.717) is 34.0 Å². The molecule has 28 nitrogen and oxygen atoms in total. The first-order valence-electron chi connectivity index (χ1n) is 28.0. The van der Waals surface area contributed by atoms with Crippen molar-refractivity contribution < 1.29 is 72.9 Å². The van der Waals surface area contributed by atoms with Crippen molar-refractivity contribution in [3.63, 3.8) is 0 Å². The number of benzene rings is 3. The predicted molar refractivity (Wildman–Crippen MR) is 310 cm³/mol. The Hall–Kier alpha value is -9.44. The quantitative estimate of drug-likeness (QED) is 0.0238. The molecule has 464 valence electrons. The molecule has 10 atom stereocenters. The third-order valence-electron chi connectivity index (χ3n) is 14.1. The molecule has 1 aliphatic rings. The third kappa shape index (κ3) is 20.4. The highest BCUT2D eigenvalue weighted by atomic mass is 16.4. The number of likely N-dealkylation sites (tertiary alicyclic amines) is 1. The maximum atomic E-state index is 14.9. The Bertz CT molecular complexity index is 3080. The van der Waals surface area contributed by atoms with Crippen molar-refractivity contribution in [2.24, 2.45) is 23.1 Å². The number of hydrogen-bond donors (Lipinski definition) is 15. The molecular formula is C58H77N13O15. The number of nitrogens with one attached hydrogen (secondary N) is 9. The number of phenols is 1. The number of rotatable bonds is 32. The normalized spacial score (nSPS) is 16.1. The Kier molecular flexibility index (Phi) is 25.1. The lowest BCUT2D eigenvalue weighted by Crippen LogP contribution is -2.61. The van der Waals surface area contributed by atoms with E-state index in [4.69, 9.17) is 22.3 Å². The van der Waals surface area contributed by atoms with Gasteiger partial charge in [-0.3, -0.25) is 57.5 Å². The second-order valence-electron chi connectivity index (χ2n) is 21.6. The molecule has 0 spiro atoms. The van der Waals surface area contributed by atoms with E-state index < -0.39 is 144 Å². The van der Waals surface area contributed by atoms with E-state index in [0.717, 1.165) is 0 Å². The summed E-state index contributed by atoms with van der Waals surface area (Å²) < 4.78 is 0. The number of primary amides is 2. The molecule has 1 aliphatic heterocycles. The number of carbonyl (C=O) groups excluding carboxylic acids is 11. The lowest BCUT2D eigenvalue weighted by atomic mass is 10.00. The van der Waals surface area contributed by atoms with Crippen LogP contribution in [0.15, 0.2) is 85.1 Å². The Balaban J connectivity index is 1.43. The molecule has 0 aliphatic carbocycles. The minimum Gasteiger partial charge on any atom is -0.508 e. The number of carbonyl (C=O) groups is 12. The molecule has 18 N–H and O–H groups in total. The first kappa shape index (κ1) is 67.4. The fourth-order valence-corrected chi connectivity index (χ4v) is 9.60. The number of aromatic hydroxyl groups is 1. The molecule has 0 bridgehead atoms. The number of aliphatic carboxylic acids is 1. The van der Waals surface area contributed by atoms with Gasteiger partial charge in [-0.05, 0) is 80.3 Å². The Morgan fingerprint density at radius 2 is 1.19 bits per heavy atom. The molecule has 1 saturated heterocycles. The molecule has 0 saturated carbocycles. The lowest BCUT2D eigenvalue weighted by Gasteiger charge is -2.31. The van der Waals surface area contributed by atoms with Crippen LogP contribution in [0.2, 0.25) is 0 Å². The van der Waals surface area contributed by atoms with Crippen LogP contribution in [0.3, 0.4) is 0 Å². The molecule has 86 heavy (non-hydrogen) atoms. The topological polar surface area (TPSA) is 459 Å². The van der Waals surface area contributed by atoms with E-state index in [1.165, 1.54) is 43.0 Å². The van der Waals surface area contributed by atoms with Gasteiger partial charge in [-0.1, -0.05) is 74.5 Å². The van der Waals surface area contributed by atoms with Gasteiger partial charge in [-0.25, -0.2) is 0 Å². The van der Waals surface area contributed by atoms with Gasteiger partial charge in [0, 0.05) is 49.3 Å². The van der Waals surface area contributed by atoms with E-state index in [9.17, 15) is 67.7 Å². The number of carboxylic acid groups (broad SMARTS) is 1. The highest BCUT2D eigenvalue weighted by molar-refractivity contribution is 6.00. The van der Waals surface area contributed by atoms with E-state index in [1.807, 2.05) is 13.8 Å². The van der Waals surface area contributed by atoms with Gasteiger partial charge in [-0.2, -0.15) is 0 Å². The number of aliphatic hydroxyl groups excluding tert-OH is 1. The summed E-state index contributed by atoms with van der Waals surface area (Å²) in [5.74, 6) is -11.5. The molecule has 0 unspecified atom stereocenters. The number of fused-ring (bicyclic) bond motifs is 1.